The number of methoxy groups -OCH3 is 2. The Balaban J connectivity index is 1.50. The van der Waals surface area contributed by atoms with Gasteiger partial charge >= 0.3 is 11.9 Å². The first-order valence-electron chi connectivity index (χ1n) is 14.2. The highest BCUT2D eigenvalue weighted by Crippen LogP contribution is 2.37. The molecule has 1 aromatic heterocycles. The summed E-state index contributed by atoms with van der Waals surface area (Å²) < 4.78 is 24.5. The molecule has 2 heterocycles. The van der Waals surface area contributed by atoms with E-state index in [2.05, 4.69) is 15.9 Å². The maximum absolute atomic E-state index is 13.9. The summed E-state index contributed by atoms with van der Waals surface area (Å²) in [6, 6.07) is 19.4. The van der Waals surface area contributed by atoms with E-state index >= 15 is 0 Å². The lowest BCUT2D eigenvalue weighted by Crippen LogP contribution is -2.40. The van der Waals surface area contributed by atoms with Crippen LogP contribution >= 0.6 is 27.3 Å². The fraction of sp³-hybridized carbons (Fsp3) is 0.235. The third-order valence-electron chi connectivity index (χ3n) is 7.16. The van der Waals surface area contributed by atoms with Gasteiger partial charge in [-0.2, -0.15) is 0 Å². The second kappa shape index (κ2) is 14.1. The zero-order valence-corrected chi connectivity index (χ0v) is 27.6. The van der Waals surface area contributed by atoms with E-state index in [1.54, 1.807) is 55.0 Å². The molecular formula is C34H31BrN2O7S. The first-order valence-corrected chi connectivity index (χ1v) is 15.8. The van der Waals surface area contributed by atoms with E-state index in [0.717, 1.165) is 11.1 Å². The van der Waals surface area contributed by atoms with Gasteiger partial charge in [-0.15, -0.1) is 0 Å². The van der Waals surface area contributed by atoms with Crippen LogP contribution < -0.4 is 24.4 Å². The molecule has 45 heavy (non-hydrogen) atoms. The zero-order chi connectivity index (χ0) is 32.1. The molecule has 5 rings (SSSR count). The molecule has 232 valence electrons. The normalized spacial score (nSPS) is 14.4. The van der Waals surface area contributed by atoms with Crippen LogP contribution in [0.2, 0.25) is 0 Å². The predicted molar refractivity (Wildman–Crippen MR) is 174 cm³/mol. The lowest BCUT2D eigenvalue weighted by Gasteiger charge is -2.25. The number of halogens is 1. The Hall–Kier alpha value is -4.48. The van der Waals surface area contributed by atoms with Crippen molar-refractivity contribution in [1.29, 1.82) is 0 Å². The Morgan fingerprint density at radius 2 is 1.76 bits per heavy atom. The Labute approximate surface area is 272 Å². The Bertz CT molecular complexity index is 1950. The summed E-state index contributed by atoms with van der Waals surface area (Å²) in [6.07, 6.45) is 2.27. The minimum Gasteiger partial charge on any atom is -0.493 e. The average Bonchev–Trinajstić information content (AvgIpc) is 3.37. The maximum atomic E-state index is 13.9. The number of allylic oxidation sites excluding steroid dienone is 1. The summed E-state index contributed by atoms with van der Waals surface area (Å²) in [5.41, 5.74) is 3.48. The van der Waals surface area contributed by atoms with Crippen LogP contribution in [0.15, 0.2) is 92.3 Å². The fourth-order valence-corrected chi connectivity index (χ4v) is 6.63. The Kier molecular flexibility index (Phi) is 9.99. The van der Waals surface area contributed by atoms with Crippen molar-refractivity contribution in [3.8, 4) is 11.5 Å². The zero-order valence-electron chi connectivity index (χ0n) is 25.2. The molecule has 0 bridgehead atoms. The SMILES string of the molecule is CCOC(=O)c1ccc(COc2c(Br)cc(/C=c3/sc4n(c3=O)[C@H](c3ccccc3)C(C(=O)OC)=C(CC)N=4)cc2OC)cc1. The summed E-state index contributed by atoms with van der Waals surface area (Å²) in [5, 5.41) is 0. The summed E-state index contributed by atoms with van der Waals surface area (Å²) in [6.45, 7) is 4.23. The second-order valence-electron chi connectivity index (χ2n) is 9.94. The average molecular weight is 692 g/mol. The van der Waals surface area contributed by atoms with E-state index in [1.807, 2.05) is 43.3 Å². The number of thiazole rings is 1. The van der Waals surface area contributed by atoms with Crippen LogP contribution in [0.1, 0.15) is 53.4 Å². The molecule has 1 atom stereocenters. The highest BCUT2D eigenvalue weighted by Gasteiger charge is 2.33. The Morgan fingerprint density at radius 1 is 1.02 bits per heavy atom. The number of hydrogen-bond acceptors (Lipinski definition) is 9. The molecule has 0 aliphatic carbocycles. The molecular weight excluding hydrogens is 660 g/mol. The van der Waals surface area contributed by atoms with E-state index in [4.69, 9.17) is 23.9 Å². The molecule has 1 aliphatic heterocycles. The summed E-state index contributed by atoms with van der Waals surface area (Å²) in [4.78, 5) is 44.1. The molecule has 0 fully saturated rings. The van der Waals surface area contributed by atoms with Crippen LogP contribution in [0.3, 0.4) is 0 Å². The third kappa shape index (κ3) is 6.64. The number of rotatable bonds is 10. The number of hydrogen-bond donors (Lipinski definition) is 0. The molecule has 4 aromatic rings. The molecule has 0 saturated heterocycles. The van der Waals surface area contributed by atoms with Gasteiger partial charge in [-0.1, -0.05) is 60.7 Å². The molecule has 11 heteroatoms. The number of carbonyl (C=O) groups is 2. The number of carbonyl (C=O) groups excluding carboxylic acids is 2. The van der Waals surface area contributed by atoms with E-state index in [0.29, 0.717) is 60.7 Å². The van der Waals surface area contributed by atoms with Crippen molar-refractivity contribution >= 4 is 45.3 Å². The van der Waals surface area contributed by atoms with Crippen LogP contribution in [0.4, 0.5) is 0 Å². The van der Waals surface area contributed by atoms with Gasteiger partial charge in [0.1, 0.15) is 6.61 Å². The number of fused-ring (bicyclic) bond motifs is 1. The largest absolute Gasteiger partial charge is 0.493 e. The van der Waals surface area contributed by atoms with Gasteiger partial charge in [-0.05, 0) is 76.3 Å². The maximum Gasteiger partial charge on any atom is 0.338 e. The first-order chi connectivity index (χ1) is 21.8. The first kappa shape index (κ1) is 31.9. The third-order valence-corrected chi connectivity index (χ3v) is 8.74. The topological polar surface area (TPSA) is 105 Å². The quantitative estimate of drug-likeness (QED) is 0.207. The van der Waals surface area contributed by atoms with Gasteiger partial charge in [-0.25, -0.2) is 14.6 Å². The van der Waals surface area contributed by atoms with E-state index in [-0.39, 0.29) is 18.1 Å². The van der Waals surface area contributed by atoms with Crippen LogP contribution in [-0.4, -0.2) is 37.3 Å². The lowest BCUT2D eigenvalue weighted by atomic mass is 9.95. The van der Waals surface area contributed by atoms with Crippen LogP contribution in [0.25, 0.3) is 6.08 Å². The molecule has 0 spiro atoms. The number of benzene rings is 3. The van der Waals surface area contributed by atoms with Gasteiger partial charge in [0.25, 0.3) is 5.56 Å². The smallest absolute Gasteiger partial charge is 0.338 e. The summed E-state index contributed by atoms with van der Waals surface area (Å²) in [7, 11) is 2.87. The predicted octanol–water partition coefficient (Wildman–Crippen LogP) is 5.33. The number of ether oxygens (including phenoxy) is 4. The van der Waals surface area contributed by atoms with Crippen molar-refractivity contribution in [3.63, 3.8) is 0 Å². The monoisotopic (exact) mass is 690 g/mol. The van der Waals surface area contributed by atoms with Gasteiger partial charge in [-0.3, -0.25) is 9.36 Å². The highest BCUT2D eigenvalue weighted by atomic mass is 79.9. The summed E-state index contributed by atoms with van der Waals surface area (Å²) >= 11 is 4.85. The van der Waals surface area contributed by atoms with Gasteiger partial charge in [0.05, 0.1) is 52.7 Å². The molecule has 0 N–H and O–H groups in total. The van der Waals surface area contributed by atoms with E-state index < -0.39 is 12.0 Å². The van der Waals surface area contributed by atoms with Crippen molar-refractivity contribution in [3.05, 3.63) is 124 Å². The number of nitrogens with zero attached hydrogens (tertiary/aromatic N) is 2. The molecule has 0 saturated carbocycles. The van der Waals surface area contributed by atoms with Crippen molar-refractivity contribution in [2.45, 2.75) is 32.9 Å². The minimum absolute atomic E-state index is 0.234. The van der Waals surface area contributed by atoms with E-state index in [9.17, 15) is 14.4 Å². The van der Waals surface area contributed by atoms with Crippen LogP contribution in [-0.2, 0) is 20.9 Å². The van der Waals surface area contributed by atoms with Crippen LogP contribution in [0.5, 0.6) is 11.5 Å². The lowest BCUT2D eigenvalue weighted by molar-refractivity contribution is -0.136. The number of esters is 2. The van der Waals surface area contributed by atoms with Crippen LogP contribution in [0, 0.1) is 0 Å². The fourth-order valence-electron chi connectivity index (χ4n) is 5.04. The van der Waals surface area contributed by atoms with Crippen molar-refractivity contribution in [2.24, 2.45) is 4.99 Å². The van der Waals surface area contributed by atoms with Crippen molar-refractivity contribution < 1.29 is 28.5 Å². The second-order valence-corrected chi connectivity index (χ2v) is 11.8. The molecule has 0 radical (unpaired) electrons. The molecule has 0 amide bonds. The molecule has 0 unspecified atom stereocenters. The molecule has 3 aromatic carbocycles. The highest BCUT2D eigenvalue weighted by molar-refractivity contribution is 9.10. The summed E-state index contributed by atoms with van der Waals surface area (Å²) in [5.74, 6) is 0.0699. The van der Waals surface area contributed by atoms with Gasteiger partial charge in [0.2, 0.25) is 0 Å². The number of aromatic nitrogens is 1. The molecule has 1 aliphatic rings. The van der Waals surface area contributed by atoms with Crippen molar-refractivity contribution in [1.82, 2.24) is 4.57 Å². The van der Waals surface area contributed by atoms with Crippen molar-refractivity contribution in [2.75, 3.05) is 20.8 Å². The molecule has 9 nitrogen and oxygen atoms in total. The van der Waals surface area contributed by atoms with Gasteiger partial charge < -0.3 is 18.9 Å². The van der Waals surface area contributed by atoms with Gasteiger partial charge in [0.15, 0.2) is 16.3 Å². The van der Waals surface area contributed by atoms with Gasteiger partial charge in [0, 0.05) is 0 Å². The standard InChI is InChI=1S/C34H31BrN2O7S/c1-5-25-28(33(40)42-4)29(22-10-8-7-9-11-22)37-31(38)27(45-34(37)36-25)18-21-16-24(35)30(26(17-21)41-3)44-19-20-12-14-23(15-13-20)32(39)43-6-2/h7-18,29H,5-6,19H2,1-4H3/b27-18+/t29-/m1/s1. The van der Waals surface area contributed by atoms with E-state index in [1.165, 1.54) is 18.4 Å². The Morgan fingerprint density at radius 3 is 2.40 bits per heavy atom. The minimum atomic E-state index is -0.671.